The zero-order valence-corrected chi connectivity index (χ0v) is 17.9. The SMILES string of the molecule is CCc1ccc(Oc2ccc(C(F)(F)F)c(Cl)c2)cc1C1C(=O)C2CCC(C)(C2)C1=O. The number of hydrogen-bond acceptors (Lipinski definition) is 3. The summed E-state index contributed by atoms with van der Waals surface area (Å²) in [6.07, 6.45) is -1.84. The van der Waals surface area contributed by atoms with Crippen molar-refractivity contribution in [2.24, 2.45) is 11.3 Å². The molecule has 3 unspecified atom stereocenters. The molecule has 3 nitrogen and oxygen atoms in total. The van der Waals surface area contributed by atoms with Crippen LogP contribution in [0.1, 0.15) is 55.7 Å². The number of carbonyl (C=O) groups is 2. The van der Waals surface area contributed by atoms with Gasteiger partial charge in [0.15, 0.2) is 11.6 Å². The Morgan fingerprint density at radius 1 is 1.13 bits per heavy atom. The number of hydrogen-bond donors (Lipinski definition) is 0. The van der Waals surface area contributed by atoms with Crippen LogP contribution in [0.25, 0.3) is 0 Å². The van der Waals surface area contributed by atoms with Crippen molar-refractivity contribution in [1.82, 2.24) is 0 Å². The smallest absolute Gasteiger partial charge is 0.417 e. The molecule has 4 rings (SSSR count). The second kappa shape index (κ2) is 7.66. The molecular formula is C24H22ClF3O3. The highest BCUT2D eigenvalue weighted by molar-refractivity contribution is 6.31. The number of rotatable bonds is 4. The van der Waals surface area contributed by atoms with E-state index in [0.29, 0.717) is 24.2 Å². The number of benzene rings is 2. The minimum absolute atomic E-state index is 0.0376. The van der Waals surface area contributed by atoms with E-state index in [9.17, 15) is 22.8 Å². The highest BCUT2D eigenvalue weighted by atomic mass is 35.5. The van der Waals surface area contributed by atoms with Gasteiger partial charge in [-0.25, -0.2) is 0 Å². The first-order chi connectivity index (χ1) is 14.5. The Morgan fingerprint density at radius 2 is 1.81 bits per heavy atom. The molecule has 2 aromatic carbocycles. The molecule has 2 fully saturated rings. The van der Waals surface area contributed by atoms with Crippen LogP contribution in [0.15, 0.2) is 36.4 Å². The lowest BCUT2D eigenvalue weighted by Crippen LogP contribution is -2.41. The standard InChI is InChI=1S/C24H22ClF3O3/c1-3-13-4-5-15(31-16-6-7-18(19(25)11-16)24(26,27)28)10-17(13)20-21(29)14-8-9-23(2,12-14)22(20)30/h4-7,10-11,14,20H,3,8-9,12H2,1-2H3. The quantitative estimate of drug-likeness (QED) is 0.483. The van der Waals surface area contributed by atoms with Crippen molar-refractivity contribution >= 4 is 23.2 Å². The topological polar surface area (TPSA) is 43.4 Å². The molecule has 3 atom stereocenters. The van der Waals surface area contributed by atoms with Crippen LogP contribution >= 0.6 is 11.6 Å². The summed E-state index contributed by atoms with van der Waals surface area (Å²) >= 11 is 5.78. The van der Waals surface area contributed by atoms with Gasteiger partial charge in [-0.15, -0.1) is 0 Å². The molecule has 0 amide bonds. The fraction of sp³-hybridized carbons (Fsp3) is 0.417. The van der Waals surface area contributed by atoms with Gasteiger partial charge in [-0.05, 0) is 61.1 Å². The first kappa shape index (κ1) is 21.9. The molecule has 164 valence electrons. The minimum atomic E-state index is -4.55. The number of ether oxygens (including phenoxy) is 1. The molecule has 31 heavy (non-hydrogen) atoms. The number of aryl methyl sites for hydroxylation is 1. The van der Waals surface area contributed by atoms with E-state index in [1.165, 1.54) is 6.07 Å². The first-order valence-electron chi connectivity index (χ1n) is 10.3. The van der Waals surface area contributed by atoms with Crippen molar-refractivity contribution in [2.45, 2.75) is 51.6 Å². The summed E-state index contributed by atoms with van der Waals surface area (Å²) in [4.78, 5) is 26.3. The van der Waals surface area contributed by atoms with Crippen LogP contribution in [0.4, 0.5) is 13.2 Å². The second-order valence-electron chi connectivity index (χ2n) is 8.66. The maximum atomic E-state index is 13.2. The number of Topliss-reactive ketones (excluding diaryl/α,β-unsaturated/α-hetero) is 2. The van der Waals surface area contributed by atoms with Gasteiger partial charge in [0, 0.05) is 17.4 Å². The van der Waals surface area contributed by atoms with Crippen LogP contribution in [-0.2, 0) is 22.2 Å². The van der Waals surface area contributed by atoms with E-state index in [1.807, 2.05) is 13.8 Å². The van der Waals surface area contributed by atoms with E-state index >= 15 is 0 Å². The van der Waals surface area contributed by atoms with Gasteiger partial charge < -0.3 is 4.74 Å². The maximum absolute atomic E-state index is 13.2. The van der Waals surface area contributed by atoms with Crippen molar-refractivity contribution in [2.75, 3.05) is 0 Å². The third-order valence-corrected chi connectivity index (χ3v) is 6.89. The van der Waals surface area contributed by atoms with Gasteiger partial charge in [0.25, 0.3) is 0 Å². The number of ketones is 2. The average molecular weight is 451 g/mol. The van der Waals surface area contributed by atoms with Crippen LogP contribution in [-0.4, -0.2) is 11.6 Å². The van der Waals surface area contributed by atoms with Gasteiger partial charge >= 0.3 is 6.18 Å². The van der Waals surface area contributed by atoms with Gasteiger partial charge in [0.1, 0.15) is 17.4 Å². The fourth-order valence-electron chi connectivity index (χ4n) is 4.87. The molecular weight excluding hydrogens is 429 g/mol. The Kier molecular flexibility index (Phi) is 5.41. The van der Waals surface area contributed by atoms with Gasteiger partial charge in [-0.1, -0.05) is 31.5 Å². The molecule has 0 radical (unpaired) electrons. The molecule has 2 aromatic rings. The zero-order chi connectivity index (χ0) is 22.6. The van der Waals surface area contributed by atoms with E-state index in [1.54, 1.807) is 18.2 Å². The van der Waals surface area contributed by atoms with E-state index in [2.05, 4.69) is 0 Å². The van der Waals surface area contributed by atoms with Crippen molar-refractivity contribution in [3.8, 4) is 11.5 Å². The lowest BCUT2D eigenvalue weighted by molar-refractivity contribution is -0.140. The maximum Gasteiger partial charge on any atom is 0.417 e. The molecule has 2 bridgehead atoms. The number of halogens is 4. The Labute approximate surface area is 183 Å². The molecule has 2 aliphatic rings. The lowest BCUT2D eigenvalue weighted by atomic mass is 9.67. The van der Waals surface area contributed by atoms with E-state index in [0.717, 1.165) is 30.5 Å². The molecule has 0 aromatic heterocycles. The lowest BCUT2D eigenvalue weighted by Gasteiger charge is -2.33. The fourth-order valence-corrected chi connectivity index (χ4v) is 5.15. The third kappa shape index (κ3) is 3.86. The van der Waals surface area contributed by atoms with Gasteiger partial charge in [0.2, 0.25) is 0 Å². The number of carbonyl (C=O) groups excluding carboxylic acids is 2. The summed E-state index contributed by atoms with van der Waals surface area (Å²) in [6, 6.07) is 8.32. The molecule has 7 heteroatoms. The largest absolute Gasteiger partial charge is 0.457 e. The predicted molar refractivity (Wildman–Crippen MR) is 111 cm³/mol. The van der Waals surface area contributed by atoms with Crippen molar-refractivity contribution in [3.05, 3.63) is 58.1 Å². The Morgan fingerprint density at radius 3 is 2.45 bits per heavy atom. The summed E-state index contributed by atoms with van der Waals surface area (Å²) < 4.78 is 44.5. The number of fused-ring (bicyclic) bond motifs is 2. The van der Waals surface area contributed by atoms with E-state index < -0.39 is 28.1 Å². The summed E-state index contributed by atoms with van der Waals surface area (Å²) in [5.41, 5.74) is 0.0948. The monoisotopic (exact) mass is 450 g/mol. The molecule has 2 saturated carbocycles. The Hall–Kier alpha value is -2.34. The first-order valence-corrected chi connectivity index (χ1v) is 10.7. The Bertz CT molecular complexity index is 1060. The van der Waals surface area contributed by atoms with E-state index in [-0.39, 0.29) is 23.2 Å². The third-order valence-electron chi connectivity index (χ3n) is 6.58. The highest BCUT2D eigenvalue weighted by Gasteiger charge is 2.54. The molecule has 0 N–H and O–H groups in total. The van der Waals surface area contributed by atoms with Gasteiger partial charge in [0.05, 0.1) is 10.6 Å². The second-order valence-corrected chi connectivity index (χ2v) is 9.06. The average Bonchev–Trinajstić information content (AvgIpc) is 3.07. The predicted octanol–water partition coefficient (Wildman–Crippen LogP) is 6.76. The van der Waals surface area contributed by atoms with Crippen molar-refractivity contribution in [1.29, 1.82) is 0 Å². The summed E-state index contributed by atoms with van der Waals surface area (Å²) in [7, 11) is 0. The zero-order valence-electron chi connectivity index (χ0n) is 17.2. The van der Waals surface area contributed by atoms with Crippen LogP contribution in [0.3, 0.4) is 0 Å². The van der Waals surface area contributed by atoms with E-state index in [4.69, 9.17) is 16.3 Å². The van der Waals surface area contributed by atoms with Gasteiger partial charge in [-0.3, -0.25) is 9.59 Å². The number of alkyl halides is 3. The molecule has 0 aliphatic heterocycles. The minimum Gasteiger partial charge on any atom is -0.457 e. The summed E-state index contributed by atoms with van der Waals surface area (Å²) in [5, 5.41) is -0.461. The van der Waals surface area contributed by atoms with Crippen LogP contribution in [0, 0.1) is 11.3 Å². The highest BCUT2D eigenvalue weighted by Crippen LogP contribution is 2.52. The molecule has 2 aliphatic carbocycles. The molecule has 0 saturated heterocycles. The van der Waals surface area contributed by atoms with Crippen molar-refractivity contribution in [3.63, 3.8) is 0 Å². The molecule has 0 spiro atoms. The van der Waals surface area contributed by atoms with Crippen LogP contribution in [0.5, 0.6) is 11.5 Å². The summed E-state index contributed by atoms with van der Waals surface area (Å²) in [5.74, 6) is -0.523. The van der Waals surface area contributed by atoms with Gasteiger partial charge in [-0.2, -0.15) is 13.2 Å². The molecule has 0 heterocycles. The Balaban J connectivity index is 1.68. The van der Waals surface area contributed by atoms with Crippen LogP contribution < -0.4 is 4.74 Å². The van der Waals surface area contributed by atoms with Crippen molar-refractivity contribution < 1.29 is 27.5 Å². The summed E-state index contributed by atoms with van der Waals surface area (Å²) in [6.45, 7) is 3.88. The normalized spacial score (nSPS) is 25.7. The van der Waals surface area contributed by atoms with Crippen LogP contribution in [0.2, 0.25) is 5.02 Å².